The zero-order valence-corrected chi connectivity index (χ0v) is 10.8. The maximum Gasteiger partial charge on any atom is 0.288 e. The molecule has 1 aromatic heterocycles. The summed E-state index contributed by atoms with van der Waals surface area (Å²) in [6.45, 7) is 7.63. The van der Waals surface area contributed by atoms with Gasteiger partial charge in [-0.05, 0) is 38.7 Å². The SMILES string of the molecule is CCCc1nnsc1C(=O)NOC(C)(C)C. The van der Waals surface area contributed by atoms with Gasteiger partial charge in [-0.1, -0.05) is 17.8 Å². The Bertz CT molecular complexity index is 357. The molecule has 16 heavy (non-hydrogen) atoms. The highest BCUT2D eigenvalue weighted by molar-refractivity contribution is 7.07. The molecular formula is C10H17N3O2S. The summed E-state index contributed by atoms with van der Waals surface area (Å²) < 4.78 is 3.78. The molecule has 1 N–H and O–H groups in total. The Morgan fingerprint density at radius 2 is 2.19 bits per heavy atom. The largest absolute Gasteiger partial charge is 0.288 e. The van der Waals surface area contributed by atoms with E-state index in [1.165, 1.54) is 0 Å². The first kappa shape index (κ1) is 13.1. The van der Waals surface area contributed by atoms with Crippen LogP contribution in [0.4, 0.5) is 0 Å². The fourth-order valence-corrected chi connectivity index (χ4v) is 1.62. The maximum atomic E-state index is 11.7. The van der Waals surface area contributed by atoms with Crippen LogP contribution in [0.15, 0.2) is 0 Å². The predicted molar refractivity (Wildman–Crippen MR) is 62.2 cm³/mol. The van der Waals surface area contributed by atoms with E-state index in [0.29, 0.717) is 4.88 Å². The smallest absolute Gasteiger partial charge is 0.268 e. The topological polar surface area (TPSA) is 64.1 Å². The van der Waals surface area contributed by atoms with Crippen LogP contribution in [0, 0.1) is 0 Å². The van der Waals surface area contributed by atoms with E-state index in [1.807, 2.05) is 27.7 Å². The minimum absolute atomic E-state index is 0.270. The molecule has 1 rings (SSSR count). The number of amides is 1. The molecule has 0 aliphatic heterocycles. The second-order valence-corrected chi connectivity index (χ2v) is 5.20. The summed E-state index contributed by atoms with van der Waals surface area (Å²) in [5.41, 5.74) is 2.75. The average molecular weight is 243 g/mol. The Labute approximate surface area is 99.3 Å². The first-order chi connectivity index (χ1) is 7.44. The summed E-state index contributed by atoms with van der Waals surface area (Å²) in [6.07, 6.45) is 1.70. The summed E-state index contributed by atoms with van der Waals surface area (Å²) in [4.78, 5) is 17.5. The van der Waals surface area contributed by atoms with E-state index >= 15 is 0 Å². The number of aryl methyl sites for hydroxylation is 1. The van der Waals surface area contributed by atoms with Crippen LogP contribution in [0.5, 0.6) is 0 Å². The van der Waals surface area contributed by atoms with Gasteiger partial charge in [0.15, 0.2) is 0 Å². The minimum Gasteiger partial charge on any atom is -0.268 e. The highest BCUT2D eigenvalue weighted by Crippen LogP contribution is 2.13. The highest BCUT2D eigenvalue weighted by Gasteiger charge is 2.18. The van der Waals surface area contributed by atoms with Crippen LogP contribution in [-0.2, 0) is 11.3 Å². The number of carbonyl (C=O) groups excluding carboxylic acids is 1. The van der Waals surface area contributed by atoms with E-state index in [0.717, 1.165) is 30.1 Å². The third-order valence-corrected chi connectivity index (χ3v) is 2.47. The molecule has 0 aliphatic carbocycles. The van der Waals surface area contributed by atoms with Crippen molar-refractivity contribution in [2.45, 2.75) is 46.1 Å². The third kappa shape index (κ3) is 3.86. The number of aromatic nitrogens is 2. The molecule has 0 bridgehead atoms. The number of carbonyl (C=O) groups is 1. The van der Waals surface area contributed by atoms with E-state index in [4.69, 9.17) is 4.84 Å². The van der Waals surface area contributed by atoms with Gasteiger partial charge >= 0.3 is 0 Å². The van der Waals surface area contributed by atoms with Crippen molar-refractivity contribution in [2.75, 3.05) is 0 Å². The fourth-order valence-electron chi connectivity index (χ4n) is 1.03. The van der Waals surface area contributed by atoms with Gasteiger partial charge in [0, 0.05) is 0 Å². The molecule has 0 aliphatic rings. The molecule has 0 unspecified atom stereocenters. The predicted octanol–water partition coefficient (Wildman–Crippen LogP) is 1.95. The zero-order valence-electron chi connectivity index (χ0n) is 10.0. The van der Waals surface area contributed by atoms with Crippen LogP contribution >= 0.6 is 11.5 Å². The van der Waals surface area contributed by atoms with Gasteiger partial charge in [-0.3, -0.25) is 9.63 Å². The molecule has 0 saturated heterocycles. The number of rotatable bonds is 4. The summed E-state index contributed by atoms with van der Waals surface area (Å²) in [5.74, 6) is -0.270. The first-order valence-corrected chi connectivity index (χ1v) is 6.01. The highest BCUT2D eigenvalue weighted by atomic mass is 32.1. The van der Waals surface area contributed by atoms with Crippen molar-refractivity contribution in [1.82, 2.24) is 15.1 Å². The molecule has 0 radical (unpaired) electrons. The zero-order chi connectivity index (χ0) is 12.2. The quantitative estimate of drug-likeness (QED) is 0.821. The lowest BCUT2D eigenvalue weighted by Crippen LogP contribution is -2.33. The molecule has 5 nitrogen and oxygen atoms in total. The normalized spacial score (nSPS) is 11.5. The van der Waals surface area contributed by atoms with E-state index in [2.05, 4.69) is 15.1 Å². The van der Waals surface area contributed by atoms with Crippen molar-refractivity contribution in [3.63, 3.8) is 0 Å². The third-order valence-electron chi connectivity index (χ3n) is 1.70. The molecule has 0 saturated carbocycles. The van der Waals surface area contributed by atoms with E-state index in [-0.39, 0.29) is 5.91 Å². The van der Waals surface area contributed by atoms with Gasteiger partial charge in [-0.2, -0.15) is 0 Å². The number of nitrogens with zero attached hydrogens (tertiary/aromatic N) is 2. The van der Waals surface area contributed by atoms with Gasteiger partial charge in [0.2, 0.25) is 0 Å². The molecule has 0 atom stereocenters. The number of hydroxylamine groups is 1. The van der Waals surface area contributed by atoms with Crippen molar-refractivity contribution in [1.29, 1.82) is 0 Å². The summed E-state index contributed by atoms with van der Waals surface area (Å²) in [6, 6.07) is 0. The standard InChI is InChI=1S/C10H17N3O2S/c1-5-6-7-8(16-13-11-7)9(14)12-15-10(2,3)4/h5-6H2,1-4H3,(H,12,14). The Morgan fingerprint density at radius 1 is 1.50 bits per heavy atom. The van der Waals surface area contributed by atoms with E-state index in [9.17, 15) is 4.79 Å². The Balaban J connectivity index is 2.62. The van der Waals surface area contributed by atoms with Gasteiger partial charge in [-0.25, -0.2) is 5.48 Å². The second kappa shape index (κ2) is 5.36. The van der Waals surface area contributed by atoms with Gasteiger partial charge in [0.25, 0.3) is 5.91 Å². The number of hydrogen-bond donors (Lipinski definition) is 1. The molecule has 0 fully saturated rings. The summed E-state index contributed by atoms with van der Waals surface area (Å²) in [7, 11) is 0. The van der Waals surface area contributed by atoms with Crippen molar-refractivity contribution < 1.29 is 9.63 Å². The first-order valence-electron chi connectivity index (χ1n) is 5.23. The Morgan fingerprint density at radius 3 is 2.75 bits per heavy atom. The minimum atomic E-state index is -0.404. The van der Waals surface area contributed by atoms with Crippen LogP contribution in [0.3, 0.4) is 0 Å². The van der Waals surface area contributed by atoms with Gasteiger partial charge in [0.1, 0.15) is 4.88 Å². The van der Waals surface area contributed by atoms with Gasteiger partial charge in [-0.15, -0.1) is 5.10 Å². The lowest BCUT2D eigenvalue weighted by atomic mass is 10.2. The van der Waals surface area contributed by atoms with Crippen molar-refractivity contribution in [3.05, 3.63) is 10.6 Å². The monoisotopic (exact) mass is 243 g/mol. The molecule has 1 amide bonds. The van der Waals surface area contributed by atoms with E-state index < -0.39 is 5.60 Å². The fraction of sp³-hybridized carbons (Fsp3) is 0.700. The van der Waals surface area contributed by atoms with Crippen LogP contribution in [0.25, 0.3) is 0 Å². The maximum absolute atomic E-state index is 11.7. The Hall–Kier alpha value is -1.01. The van der Waals surface area contributed by atoms with Crippen LogP contribution < -0.4 is 5.48 Å². The van der Waals surface area contributed by atoms with Crippen molar-refractivity contribution in [3.8, 4) is 0 Å². The summed E-state index contributed by atoms with van der Waals surface area (Å²) in [5, 5.41) is 3.92. The van der Waals surface area contributed by atoms with E-state index in [1.54, 1.807) is 0 Å². The average Bonchev–Trinajstić information content (AvgIpc) is 2.62. The number of hydrogen-bond acceptors (Lipinski definition) is 5. The van der Waals surface area contributed by atoms with Crippen LogP contribution in [-0.4, -0.2) is 21.1 Å². The Kier molecular flexibility index (Phi) is 4.37. The molecule has 1 aromatic rings. The van der Waals surface area contributed by atoms with Crippen molar-refractivity contribution in [2.24, 2.45) is 0 Å². The second-order valence-electron chi connectivity index (χ2n) is 4.44. The molecular weight excluding hydrogens is 226 g/mol. The molecule has 1 heterocycles. The summed E-state index contributed by atoms with van der Waals surface area (Å²) >= 11 is 1.10. The lowest BCUT2D eigenvalue weighted by molar-refractivity contribution is -0.0588. The molecule has 90 valence electrons. The molecule has 0 aromatic carbocycles. The van der Waals surface area contributed by atoms with Crippen LogP contribution in [0.1, 0.15) is 49.5 Å². The van der Waals surface area contributed by atoms with Crippen LogP contribution in [0.2, 0.25) is 0 Å². The molecule has 0 spiro atoms. The van der Waals surface area contributed by atoms with Crippen molar-refractivity contribution >= 4 is 17.4 Å². The molecule has 6 heteroatoms. The number of nitrogens with one attached hydrogen (secondary N) is 1. The van der Waals surface area contributed by atoms with Gasteiger partial charge in [0.05, 0.1) is 11.3 Å². The van der Waals surface area contributed by atoms with Gasteiger partial charge < -0.3 is 0 Å². The lowest BCUT2D eigenvalue weighted by Gasteiger charge is -2.18.